The van der Waals surface area contributed by atoms with Crippen LogP contribution in [0.15, 0.2) is 389 Å². The van der Waals surface area contributed by atoms with E-state index in [1.807, 2.05) is 113 Å². The minimum absolute atomic E-state index is 0.312. The second kappa shape index (κ2) is 111. The van der Waals surface area contributed by atoms with Gasteiger partial charge >= 0.3 is 0 Å². The molecular formula is C82H115N39O9S6. The fourth-order valence-electron chi connectivity index (χ4n) is 7.23. The number of thiophene rings is 1. The van der Waals surface area contributed by atoms with Crippen molar-refractivity contribution in [3.05, 3.63) is 367 Å². The molecule has 48 nitrogen and oxygen atoms in total. The van der Waals surface area contributed by atoms with Crippen molar-refractivity contribution in [3.63, 3.8) is 0 Å². The summed E-state index contributed by atoms with van der Waals surface area (Å²) >= 11 is 7.34. The van der Waals surface area contributed by atoms with Crippen molar-refractivity contribution < 1.29 is 40.4 Å². The van der Waals surface area contributed by atoms with E-state index in [-0.39, 0.29) is 0 Å². The normalized spacial score (nSPS) is 12.0. The maximum atomic E-state index is 10.6. The third-order valence-corrected chi connectivity index (χ3v) is 17.1. The number of nitrogens with one attached hydrogen (secondary N) is 11. The lowest BCUT2D eigenvalue weighted by Gasteiger charge is -2.11. The Morgan fingerprint density at radius 1 is 0.294 bits per heavy atom. The van der Waals surface area contributed by atoms with Crippen molar-refractivity contribution in [1.82, 2.24) is 196 Å². The second-order valence-electron chi connectivity index (χ2n) is 22.9. The van der Waals surface area contributed by atoms with Gasteiger partial charge < -0.3 is 63.9 Å². The van der Waals surface area contributed by atoms with Crippen molar-refractivity contribution in [1.29, 1.82) is 0 Å². The molecule has 5 aliphatic heterocycles. The summed E-state index contributed by atoms with van der Waals surface area (Å²) in [5.74, 6) is 0.625. The van der Waals surface area contributed by atoms with Crippen LogP contribution in [0.25, 0.3) is 0 Å². The number of morpholine rings is 1. The van der Waals surface area contributed by atoms with Gasteiger partial charge in [-0.2, -0.15) is 65.5 Å². The van der Waals surface area contributed by atoms with Crippen LogP contribution in [-0.4, -0.2) is 281 Å². The van der Waals surface area contributed by atoms with Crippen molar-refractivity contribution in [2.45, 2.75) is 38.5 Å². The molecule has 5 fully saturated rings. The molecule has 20 aromatic heterocycles. The first kappa shape index (κ1) is 119. The van der Waals surface area contributed by atoms with Gasteiger partial charge in [0.05, 0.1) is 110 Å². The van der Waals surface area contributed by atoms with Gasteiger partial charge in [-0.15, -0.1) is 21.5 Å². The lowest BCUT2D eigenvalue weighted by atomic mass is 10.2. The topological polar surface area (TPSA) is 634 Å². The fraction of sp³-hybridized carbons (Fsp3) is 0.268. The second-order valence-corrected chi connectivity index (χ2v) is 28.7. The highest BCUT2D eigenvalue weighted by molar-refractivity contribution is 7.91. The number of oxazole rings is 1. The molecule has 0 radical (unpaired) electrons. The largest absolute Gasteiger partial charge is 0.473 e. The lowest BCUT2D eigenvalue weighted by molar-refractivity contribution is 0.0968. The van der Waals surface area contributed by atoms with Crippen LogP contribution in [0.4, 0.5) is 0 Å². The molecule has 0 aliphatic carbocycles. The third kappa shape index (κ3) is 110. The standard InChI is InChI=1S/C5H11N.C5H5N.C5H10O.C4H10N2.3C4H4N2.C4H9NO2S.C4H9NO.C4H5N.C4H4O.C4H4S.2C3H4N2.2C3H3NO.2C3H3NS.2C2H3N3.2C2H2N2O.2C2H2N2S.CH2N4/c3*1-2-4-6-5-3-1;2*1-2-6-4-3-5-1;1-2-5-4-6-3-1;1-2-4-6-5-3-1;6-8(7)3-1-5-2-4-8;1-3-6-4-2-5-1;3*1-2-4-5-3-1;1-2-5-3-4-1;1-2-4-5-3-1;1-2-5-3-4-1;1-2-4-5-3-1;1-2-5-3-4-1;1-2-4-5-3-1;1-3-2-5-4-1;1-2-4-5-3-1;1-3-2-5-4-1;1-2-4-5-3-1;1-3-2-5-4-1;2*1-2-4-5-3-1/h6H,1-5H2;1-5H;1-5H2;5-6H,1-4H2;3*1-4H;5H,1-4H2;5H,1-4H2;1-5H;2*1-4H;2*1-3H,(H,4,5);4*1-3H;2*1-2H,(H,3,4,5);4*1-2H;1H,(H,2,3,4,5). The number of aromatic nitrogens is 34. The molecule has 0 aromatic carbocycles. The molecule has 0 unspecified atom stereocenters. The van der Waals surface area contributed by atoms with Gasteiger partial charge in [-0.3, -0.25) is 30.1 Å². The summed E-state index contributed by atoms with van der Waals surface area (Å²) in [5, 5.41) is 77.6. The average molecular weight is 1980 g/mol. The number of rotatable bonds is 0. The van der Waals surface area contributed by atoms with E-state index in [2.05, 4.69) is 219 Å². The number of sulfone groups is 1. The van der Waals surface area contributed by atoms with Gasteiger partial charge in [-0.05, 0) is 152 Å². The van der Waals surface area contributed by atoms with Gasteiger partial charge in [-0.1, -0.05) is 50.5 Å². The van der Waals surface area contributed by atoms with Crippen LogP contribution < -0.4 is 26.6 Å². The van der Waals surface area contributed by atoms with Crippen LogP contribution in [-0.2, 0) is 19.3 Å². The van der Waals surface area contributed by atoms with Crippen LogP contribution in [0, 0.1) is 0 Å². The van der Waals surface area contributed by atoms with Gasteiger partial charge in [0.25, 0.3) is 0 Å². The number of furan rings is 1. The number of hydrogen-bond donors (Lipinski definition) is 11. The predicted octanol–water partition coefficient (Wildman–Crippen LogP) is 10.8. The Kier molecular flexibility index (Phi) is 97.0. The van der Waals surface area contributed by atoms with Crippen LogP contribution in [0.1, 0.15) is 38.5 Å². The monoisotopic (exact) mass is 1980 g/mol. The highest BCUT2D eigenvalue weighted by Crippen LogP contribution is 2.02. The first-order chi connectivity index (χ1) is 67.7. The molecule has 0 spiro atoms. The molecule has 0 bridgehead atoms. The molecular weight excluding hydrogens is 1870 g/mol. The van der Waals surface area contributed by atoms with E-state index in [1.165, 1.54) is 162 Å². The molecule has 0 amide bonds. The zero-order valence-electron chi connectivity index (χ0n) is 74.3. The SMILES string of the molecule is C1CCNCC1.C1CCOCC1.C1CNCCN1.C1COCCN1.O=S1(=O)CCNCC1.c1c[nH]cn1.c1cc[nH]c1.c1ccncc1.c1ccnnc1.c1ccoc1.c1ccsc1.c1cn[nH]c1.c1cn[nH]n1.c1cnccn1.c1cncnc1.c1cnoc1.c1cnon1.c1cnsc1.c1cnsn1.c1cocn1.c1cscn1.c1nc[nH]n1.c1ncon1.c1ncsn1.c1nn[nH]n1. The van der Waals surface area contributed by atoms with E-state index in [9.17, 15) is 8.42 Å². The number of imidazole rings is 1. The van der Waals surface area contributed by atoms with Crippen molar-refractivity contribution in [3.8, 4) is 0 Å². The van der Waals surface area contributed by atoms with Gasteiger partial charge in [0.2, 0.25) is 6.39 Å². The molecule has 136 heavy (non-hydrogen) atoms. The van der Waals surface area contributed by atoms with Gasteiger partial charge in [-0.25, -0.2) is 52.3 Å². The zero-order valence-corrected chi connectivity index (χ0v) is 79.2. The number of nitrogens with zero attached hydrogens (tertiary/aromatic N) is 28. The summed E-state index contributed by atoms with van der Waals surface area (Å²) in [4.78, 5) is 45.8. The number of piperidine rings is 1. The third-order valence-electron chi connectivity index (χ3n) is 12.9. The minimum Gasteiger partial charge on any atom is -0.473 e. The number of hydrogen-bond acceptors (Lipinski definition) is 47. The number of ether oxygens (including phenoxy) is 2. The summed E-state index contributed by atoms with van der Waals surface area (Å²) in [6.45, 7) is 14.1. The van der Waals surface area contributed by atoms with Crippen molar-refractivity contribution in [2.24, 2.45) is 0 Å². The molecule has 54 heteroatoms. The first-order valence-corrected chi connectivity index (χ1v) is 47.0. The number of tetrazole rings is 1. The summed E-state index contributed by atoms with van der Waals surface area (Å²) < 4.78 is 67.7. The Bertz CT molecular complexity index is 3480. The number of thiazole rings is 1. The van der Waals surface area contributed by atoms with Crippen LogP contribution in [0.3, 0.4) is 0 Å². The number of aromatic amines is 6. The lowest BCUT2D eigenvalue weighted by Crippen LogP contribution is -2.39. The van der Waals surface area contributed by atoms with Gasteiger partial charge in [0, 0.05) is 188 Å². The summed E-state index contributed by atoms with van der Waals surface area (Å²) in [7, 11) is -2.65. The molecule has 20 aromatic rings. The van der Waals surface area contributed by atoms with E-state index < -0.39 is 9.84 Å². The smallest absolute Gasteiger partial charge is 0.213 e. The Hall–Kier alpha value is -14.8. The van der Waals surface area contributed by atoms with Crippen molar-refractivity contribution in [2.75, 3.05) is 103 Å². The predicted molar refractivity (Wildman–Crippen MR) is 516 cm³/mol. The molecule has 5 aliphatic rings. The summed E-state index contributed by atoms with van der Waals surface area (Å²) in [5.41, 5.74) is 3.47. The molecule has 0 atom stereocenters. The number of piperazine rings is 1. The van der Waals surface area contributed by atoms with Crippen LogP contribution in [0.2, 0.25) is 0 Å². The van der Waals surface area contributed by atoms with E-state index in [0.29, 0.717) is 24.6 Å². The van der Waals surface area contributed by atoms with Crippen molar-refractivity contribution >= 4 is 67.3 Å². The number of pyridine rings is 1. The minimum atomic E-state index is -2.65. The molecule has 25 heterocycles. The quantitative estimate of drug-likeness (QED) is 0.0672. The van der Waals surface area contributed by atoms with Gasteiger partial charge in [0.15, 0.2) is 28.9 Å². The molecule has 728 valence electrons. The van der Waals surface area contributed by atoms with E-state index in [1.54, 1.807) is 201 Å². The summed E-state index contributed by atoms with van der Waals surface area (Å²) in [6, 6.07) is 28.2. The fourth-order valence-corrected chi connectivity index (χ4v) is 10.0. The van der Waals surface area contributed by atoms with Crippen LogP contribution in [0.5, 0.6) is 0 Å². The number of H-pyrrole nitrogens is 6. The average Bonchev–Trinajstić information content (AvgIpc) is 0.918. The molecule has 25 rings (SSSR count). The first-order valence-electron chi connectivity index (χ1n) is 40.8. The zero-order chi connectivity index (χ0) is 96.5. The van der Waals surface area contributed by atoms with Gasteiger partial charge in [0.1, 0.15) is 43.3 Å². The highest BCUT2D eigenvalue weighted by Gasteiger charge is 2.13. The van der Waals surface area contributed by atoms with E-state index >= 15 is 0 Å². The Labute approximate surface area is 807 Å². The molecule has 0 saturated carbocycles. The van der Waals surface area contributed by atoms with E-state index in [0.717, 1.165) is 65.7 Å². The van der Waals surface area contributed by atoms with E-state index in [4.69, 9.17) is 9.47 Å². The van der Waals surface area contributed by atoms with Crippen LogP contribution >= 0.6 is 57.5 Å². The maximum absolute atomic E-state index is 10.6. The molecule has 5 saturated heterocycles. The Morgan fingerprint density at radius 2 is 0.963 bits per heavy atom. The maximum Gasteiger partial charge on any atom is 0.213 e. The highest BCUT2D eigenvalue weighted by atomic mass is 32.2. The Morgan fingerprint density at radius 3 is 1.15 bits per heavy atom. The molecule has 11 N–H and O–H groups in total. The Balaban J connectivity index is 0.000000709. The summed E-state index contributed by atoms with van der Waals surface area (Å²) in [6.07, 6.45) is 70.8.